The number of amides is 1. The van der Waals surface area contributed by atoms with E-state index in [4.69, 9.17) is 4.84 Å². The molecule has 2 aromatic rings. The SMILES string of the molecule is CCC1=NO[C@H](CNC(=O)c2cnn(Cc3ccccc3)c2)C1. The molecule has 3 rings (SSSR count). The van der Waals surface area contributed by atoms with Gasteiger partial charge in [0.25, 0.3) is 5.91 Å². The van der Waals surface area contributed by atoms with E-state index in [1.165, 1.54) is 0 Å². The third-order valence-corrected chi connectivity index (χ3v) is 3.78. The first kappa shape index (κ1) is 15.3. The smallest absolute Gasteiger partial charge is 0.254 e. The van der Waals surface area contributed by atoms with Crippen molar-refractivity contribution < 1.29 is 9.63 Å². The van der Waals surface area contributed by atoms with E-state index in [1.807, 2.05) is 37.3 Å². The van der Waals surface area contributed by atoms with Crippen LogP contribution in [0.4, 0.5) is 0 Å². The summed E-state index contributed by atoms with van der Waals surface area (Å²) in [6, 6.07) is 10.0. The maximum Gasteiger partial charge on any atom is 0.254 e. The van der Waals surface area contributed by atoms with Crippen LogP contribution in [0.5, 0.6) is 0 Å². The molecule has 1 N–H and O–H groups in total. The van der Waals surface area contributed by atoms with E-state index in [0.717, 1.165) is 24.1 Å². The Bertz CT molecular complexity index is 694. The van der Waals surface area contributed by atoms with Crippen LogP contribution in [0.25, 0.3) is 0 Å². The van der Waals surface area contributed by atoms with Crippen molar-refractivity contribution in [1.82, 2.24) is 15.1 Å². The lowest BCUT2D eigenvalue weighted by Crippen LogP contribution is -2.32. The average molecular weight is 312 g/mol. The third kappa shape index (κ3) is 3.97. The Morgan fingerprint density at radius 3 is 2.96 bits per heavy atom. The second kappa shape index (κ2) is 7.09. The topological polar surface area (TPSA) is 68.5 Å². The second-order valence-corrected chi connectivity index (χ2v) is 5.56. The van der Waals surface area contributed by atoms with E-state index < -0.39 is 0 Å². The number of nitrogens with zero attached hydrogens (tertiary/aromatic N) is 3. The summed E-state index contributed by atoms with van der Waals surface area (Å²) in [5.41, 5.74) is 2.74. The van der Waals surface area contributed by atoms with Gasteiger partial charge in [-0.15, -0.1) is 0 Å². The lowest BCUT2D eigenvalue weighted by molar-refractivity contribution is 0.0753. The van der Waals surface area contributed by atoms with Gasteiger partial charge in [-0.1, -0.05) is 42.4 Å². The van der Waals surface area contributed by atoms with Gasteiger partial charge in [0.15, 0.2) is 0 Å². The Labute approximate surface area is 135 Å². The molecule has 0 unspecified atom stereocenters. The molecule has 0 spiro atoms. The van der Waals surface area contributed by atoms with E-state index in [-0.39, 0.29) is 12.0 Å². The fourth-order valence-electron chi connectivity index (χ4n) is 2.45. The number of carbonyl (C=O) groups is 1. The van der Waals surface area contributed by atoms with Crippen molar-refractivity contribution in [3.8, 4) is 0 Å². The molecule has 1 aromatic heterocycles. The fourth-order valence-corrected chi connectivity index (χ4v) is 2.45. The first-order valence-corrected chi connectivity index (χ1v) is 7.80. The zero-order valence-electron chi connectivity index (χ0n) is 13.1. The highest BCUT2D eigenvalue weighted by atomic mass is 16.6. The zero-order valence-corrected chi connectivity index (χ0v) is 13.1. The maximum absolute atomic E-state index is 12.2. The van der Waals surface area contributed by atoms with Crippen LogP contribution >= 0.6 is 0 Å². The Morgan fingerprint density at radius 2 is 2.22 bits per heavy atom. The molecule has 23 heavy (non-hydrogen) atoms. The van der Waals surface area contributed by atoms with Gasteiger partial charge in [0.05, 0.1) is 30.6 Å². The monoisotopic (exact) mass is 312 g/mol. The molecule has 1 amide bonds. The molecule has 0 fully saturated rings. The summed E-state index contributed by atoms with van der Waals surface area (Å²) in [4.78, 5) is 17.4. The summed E-state index contributed by atoms with van der Waals surface area (Å²) in [5.74, 6) is -0.141. The van der Waals surface area contributed by atoms with Crippen LogP contribution in [-0.4, -0.2) is 34.0 Å². The van der Waals surface area contributed by atoms with Gasteiger partial charge in [-0.3, -0.25) is 9.48 Å². The van der Waals surface area contributed by atoms with Crippen LogP contribution < -0.4 is 5.32 Å². The van der Waals surface area contributed by atoms with Crippen molar-refractivity contribution in [3.05, 3.63) is 53.9 Å². The molecule has 0 bridgehead atoms. The number of aromatic nitrogens is 2. The van der Waals surface area contributed by atoms with Gasteiger partial charge < -0.3 is 10.2 Å². The lowest BCUT2D eigenvalue weighted by Gasteiger charge is -2.08. The molecule has 6 heteroatoms. The first-order chi connectivity index (χ1) is 11.2. The van der Waals surface area contributed by atoms with Crippen LogP contribution in [0.2, 0.25) is 0 Å². The largest absolute Gasteiger partial charge is 0.390 e. The van der Waals surface area contributed by atoms with Crippen molar-refractivity contribution in [1.29, 1.82) is 0 Å². The molecular weight excluding hydrogens is 292 g/mol. The molecule has 6 nitrogen and oxygen atoms in total. The van der Waals surface area contributed by atoms with Crippen molar-refractivity contribution in [2.75, 3.05) is 6.54 Å². The zero-order chi connectivity index (χ0) is 16.1. The predicted molar refractivity (Wildman–Crippen MR) is 87.3 cm³/mol. The molecule has 2 heterocycles. The number of hydrogen-bond donors (Lipinski definition) is 1. The van der Waals surface area contributed by atoms with Crippen molar-refractivity contribution >= 4 is 11.6 Å². The van der Waals surface area contributed by atoms with E-state index >= 15 is 0 Å². The van der Waals surface area contributed by atoms with E-state index in [1.54, 1.807) is 17.1 Å². The van der Waals surface area contributed by atoms with Gasteiger partial charge in [-0.2, -0.15) is 5.10 Å². The van der Waals surface area contributed by atoms with Crippen molar-refractivity contribution in [2.45, 2.75) is 32.4 Å². The molecule has 120 valence electrons. The van der Waals surface area contributed by atoms with E-state index in [9.17, 15) is 4.79 Å². The lowest BCUT2D eigenvalue weighted by atomic mass is 10.1. The summed E-state index contributed by atoms with van der Waals surface area (Å²) in [7, 11) is 0. The summed E-state index contributed by atoms with van der Waals surface area (Å²) in [6.45, 7) is 3.15. The standard InChI is InChI=1S/C17H20N4O2/c1-2-15-8-16(23-20-15)10-18-17(22)14-9-19-21(12-14)11-13-6-4-3-5-7-13/h3-7,9,12,16H,2,8,10-11H2,1H3,(H,18,22)/t16-/m0/s1. The summed E-state index contributed by atoms with van der Waals surface area (Å²) in [5, 5.41) is 11.1. The number of hydrogen-bond acceptors (Lipinski definition) is 4. The normalized spacial score (nSPS) is 16.7. The second-order valence-electron chi connectivity index (χ2n) is 5.56. The minimum atomic E-state index is -0.141. The quantitative estimate of drug-likeness (QED) is 0.889. The maximum atomic E-state index is 12.2. The van der Waals surface area contributed by atoms with Gasteiger partial charge in [0.2, 0.25) is 0 Å². The van der Waals surface area contributed by atoms with E-state index in [2.05, 4.69) is 15.6 Å². The summed E-state index contributed by atoms with van der Waals surface area (Å²) in [6.07, 6.45) is 4.95. The van der Waals surface area contributed by atoms with Crippen LogP contribution in [0.3, 0.4) is 0 Å². The molecule has 1 atom stereocenters. The Kier molecular flexibility index (Phi) is 4.71. The molecular formula is C17H20N4O2. The van der Waals surface area contributed by atoms with Crippen LogP contribution in [0.1, 0.15) is 35.7 Å². The molecule has 0 saturated carbocycles. The Balaban J connectivity index is 1.51. The van der Waals surface area contributed by atoms with Crippen molar-refractivity contribution in [3.63, 3.8) is 0 Å². The van der Waals surface area contributed by atoms with Gasteiger partial charge >= 0.3 is 0 Å². The highest BCUT2D eigenvalue weighted by molar-refractivity contribution is 5.93. The summed E-state index contributed by atoms with van der Waals surface area (Å²) >= 11 is 0. The number of benzene rings is 1. The van der Waals surface area contributed by atoms with Gasteiger partial charge in [-0.25, -0.2) is 0 Å². The molecule has 1 aromatic carbocycles. The van der Waals surface area contributed by atoms with Gasteiger partial charge in [-0.05, 0) is 12.0 Å². The highest BCUT2D eigenvalue weighted by Gasteiger charge is 2.20. The summed E-state index contributed by atoms with van der Waals surface area (Å²) < 4.78 is 1.76. The molecule has 1 aliphatic heterocycles. The molecule has 0 radical (unpaired) electrons. The number of rotatable bonds is 6. The third-order valence-electron chi connectivity index (χ3n) is 3.78. The minimum absolute atomic E-state index is 0.0618. The van der Waals surface area contributed by atoms with Gasteiger partial charge in [0, 0.05) is 12.6 Å². The minimum Gasteiger partial charge on any atom is -0.390 e. The molecule has 0 aliphatic carbocycles. The first-order valence-electron chi connectivity index (χ1n) is 7.80. The molecule has 1 aliphatic rings. The van der Waals surface area contributed by atoms with Crippen LogP contribution in [0.15, 0.2) is 47.9 Å². The van der Waals surface area contributed by atoms with Gasteiger partial charge in [0.1, 0.15) is 6.10 Å². The Hall–Kier alpha value is -2.63. The van der Waals surface area contributed by atoms with Crippen LogP contribution in [-0.2, 0) is 11.4 Å². The number of carbonyl (C=O) groups excluding carboxylic acids is 1. The number of oxime groups is 1. The Morgan fingerprint density at radius 1 is 1.39 bits per heavy atom. The molecule has 0 saturated heterocycles. The predicted octanol–water partition coefficient (Wildman–Crippen LogP) is 2.22. The number of nitrogens with one attached hydrogen (secondary N) is 1. The van der Waals surface area contributed by atoms with Crippen LogP contribution in [0, 0.1) is 0 Å². The highest BCUT2D eigenvalue weighted by Crippen LogP contribution is 2.12. The average Bonchev–Trinajstić information content (AvgIpc) is 3.23. The van der Waals surface area contributed by atoms with E-state index in [0.29, 0.717) is 18.7 Å². The van der Waals surface area contributed by atoms with Crippen molar-refractivity contribution in [2.24, 2.45) is 5.16 Å². The fraction of sp³-hybridized carbons (Fsp3) is 0.353.